The summed E-state index contributed by atoms with van der Waals surface area (Å²) in [5.74, 6) is 0.478. The summed E-state index contributed by atoms with van der Waals surface area (Å²) in [6.07, 6.45) is 2.70. The van der Waals surface area contributed by atoms with Crippen LogP contribution >= 0.6 is 11.8 Å². The van der Waals surface area contributed by atoms with Crippen molar-refractivity contribution in [2.75, 3.05) is 24.2 Å². The van der Waals surface area contributed by atoms with Crippen LogP contribution in [0.15, 0.2) is 47.4 Å². The summed E-state index contributed by atoms with van der Waals surface area (Å²) in [6, 6.07) is 14.7. The summed E-state index contributed by atoms with van der Waals surface area (Å²) >= 11 is 1.59. The van der Waals surface area contributed by atoms with Crippen LogP contribution in [-0.4, -0.2) is 24.7 Å². The number of aryl methyl sites for hydroxylation is 2. The summed E-state index contributed by atoms with van der Waals surface area (Å²) < 4.78 is 0. The quantitative estimate of drug-likeness (QED) is 0.780. The third-order valence-corrected chi connectivity index (χ3v) is 5.87. The smallest absolute Gasteiger partial charge is 0.234 e. The second kappa shape index (κ2) is 8.54. The fourth-order valence-corrected chi connectivity index (χ4v) is 4.16. The lowest BCUT2D eigenvalue weighted by Crippen LogP contribution is -3.08. The molecule has 1 aliphatic rings. The average molecular weight is 356 g/mol. The van der Waals surface area contributed by atoms with Gasteiger partial charge in [-0.3, -0.25) is 4.79 Å². The van der Waals surface area contributed by atoms with E-state index in [-0.39, 0.29) is 5.91 Å². The summed E-state index contributed by atoms with van der Waals surface area (Å²) in [7, 11) is 0. The predicted molar refractivity (Wildman–Crippen MR) is 105 cm³/mol. The lowest BCUT2D eigenvalue weighted by molar-refractivity contribution is -0.901. The molecule has 3 rings (SSSR count). The van der Waals surface area contributed by atoms with Crippen LogP contribution in [0, 0.1) is 13.8 Å². The van der Waals surface area contributed by atoms with Gasteiger partial charge in [-0.15, -0.1) is 11.8 Å². The highest BCUT2D eigenvalue weighted by molar-refractivity contribution is 8.00. The van der Waals surface area contributed by atoms with Gasteiger partial charge in [-0.1, -0.05) is 29.8 Å². The highest BCUT2D eigenvalue weighted by Crippen LogP contribution is 2.23. The van der Waals surface area contributed by atoms with E-state index in [1.54, 1.807) is 16.7 Å². The number of carbonyl (C=O) groups excluding carboxylic acids is 1. The van der Waals surface area contributed by atoms with Crippen molar-refractivity contribution in [3.63, 3.8) is 0 Å². The number of amides is 1. The molecule has 0 saturated carbocycles. The number of thioether (sulfide) groups is 1. The van der Waals surface area contributed by atoms with E-state index in [0.717, 1.165) is 12.2 Å². The molecular weight excluding hydrogens is 328 g/mol. The second-order valence-corrected chi connectivity index (χ2v) is 7.95. The van der Waals surface area contributed by atoms with Crippen LogP contribution in [0.2, 0.25) is 0 Å². The molecule has 132 valence electrons. The third kappa shape index (κ3) is 5.35. The van der Waals surface area contributed by atoms with Crippen molar-refractivity contribution in [3.05, 3.63) is 59.2 Å². The first-order chi connectivity index (χ1) is 12.1. The zero-order valence-corrected chi connectivity index (χ0v) is 15.9. The number of likely N-dealkylation sites (tertiary alicyclic amines) is 1. The fourth-order valence-electron chi connectivity index (χ4n) is 3.35. The predicted octanol–water partition coefficient (Wildman–Crippen LogP) is 3.21. The van der Waals surface area contributed by atoms with E-state index in [1.165, 1.54) is 47.5 Å². The van der Waals surface area contributed by atoms with Crippen molar-refractivity contribution in [1.82, 2.24) is 0 Å². The molecule has 1 aliphatic heterocycles. The maximum absolute atomic E-state index is 12.2. The maximum Gasteiger partial charge on any atom is 0.234 e. The van der Waals surface area contributed by atoms with E-state index < -0.39 is 0 Å². The van der Waals surface area contributed by atoms with Crippen molar-refractivity contribution < 1.29 is 9.69 Å². The van der Waals surface area contributed by atoms with Crippen molar-refractivity contribution >= 4 is 23.4 Å². The first kappa shape index (κ1) is 18.0. The highest BCUT2D eigenvalue weighted by atomic mass is 32.2. The highest BCUT2D eigenvalue weighted by Gasteiger charge is 2.15. The van der Waals surface area contributed by atoms with E-state index in [2.05, 4.69) is 49.5 Å². The van der Waals surface area contributed by atoms with Gasteiger partial charge in [0.15, 0.2) is 0 Å². The number of nitrogens with one attached hydrogen (secondary N) is 2. The Hall–Kier alpha value is -1.78. The number of anilines is 1. The first-order valence-corrected chi connectivity index (χ1v) is 10.0. The second-order valence-electron chi connectivity index (χ2n) is 6.94. The van der Waals surface area contributed by atoms with Gasteiger partial charge in [0.05, 0.1) is 18.8 Å². The molecule has 0 bridgehead atoms. The minimum atomic E-state index is 0.0443. The Labute approximate surface area is 154 Å². The average Bonchev–Trinajstić information content (AvgIpc) is 3.09. The largest absolute Gasteiger partial charge is 0.331 e. The van der Waals surface area contributed by atoms with Crippen molar-refractivity contribution in [2.24, 2.45) is 0 Å². The van der Waals surface area contributed by atoms with E-state index >= 15 is 0 Å². The number of hydrogen-bond donors (Lipinski definition) is 2. The molecule has 0 radical (unpaired) electrons. The summed E-state index contributed by atoms with van der Waals surface area (Å²) in [4.78, 5) is 15.0. The maximum atomic E-state index is 12.2. The zero-order chi connectivity index (χ0) is 17.6. The van der Waals surface area contributed by atoms with Gasteiger partial charge in [-0.25, -0.2) is 0 Å². The van der Waals surface area contributed by atoms with Crippen LogP contribution < -0.4 is 10.2 Å². The van der Waals surface area contributed by atoms with Crippen molar-refractivity contribution in [1.29, 1.82) is 0 Å². The Morgan fingerprint density at radius 3 is 2.48 bits per heavy atom. The Balaban J connectivity index is 1.48. The van der Waals surface area contributed by atoms with Gasteiger partial charge >= 0.3 is 0 Å². The summed E-state index contributed by atoms with van der Waals surface area (Å²) in [6.45, 7) is 7.84. The van der Waals surface area contributed by atoms with E-state index in [0.29, 0.717) is 5.75 Å². The van der Waals surface area contributed by atoms with Gasteiger partial charge in [-0.2, -0.15) is 0 Å². The lowest BCUT2D eigenvalue weighted by Gasteiger charge is -2.12. The number of quaternary nitrogens is 1. The SMILES string of the molecule is Cc1ccc(SCC(=O)Nc2ccc(C[NH+]3CCCC3)cc2)c(C)c1. The van der Waals surface area contributed by atoms with Crippen LogP contribution in [0.1, 0.15) is 29.5 Å². The summed E-state index contributed by atoms with van der Waals surface area (Å²) in [5.41, 5.74) is 4.71. The first-order valence-electron chi connectivity index (χ1n) is 9.02. The molecule has 0 unspecified atom stereocenters. The van der Waals surface area contributed by atoms with Crippen LogP contribution in [0.3, 0.4) is 0 Å². The van der Waals surface area contributed by atoms with E-state index in [9.17, 15) is 4.79 Å². The molecule has 25 heavy (non-hydrogen) atoms. The van der Waals surface area contributed by atoms with Gasteiger partial charge in [-0.05, 0) is 37.6 Å². The minimum Gasteiger partial charge on any atom is -0.331 e. The molecule has 3 nitrogen and oxygen atoms in total. The third-order valence-electron chi connectivity index (χ3n) is 4.69. The molecule has 2 aromatic carbocycles. The molecule has 1 heterocycles. The molecule has 1 amide bonds. The molecule has 2 aromatic rings. The lowest BCUT2D eigenvalue weighted by atomic mass is 10.2. The molecule has 4 heteroatoms. The molecule has 0 aliphatic carbocycles. The van der Waals surface area contributed by atoms with Crippen LogP contribution in [0.5, 0.6) is 0 Å². The van der Waals surface area contributed by atoms with E-state index in [4.69, 9.17) is 0 Å². The Morgan fingerprint density at radius 1 is 1.08 bits per heavy atom. The van der Waals surface area contributed by atoms with E-state index in [1.807, 2.05) is 12.1 Å². The van der Waals surface area contributed by atoms with Crippen molar-refractivity contribution in [2.45, 2.75) is 38.1 Å². The number of carbonyl (C=O) groups is 1. The van der Waals surface area contributed by atoms with Gasteiger partial charge in [0, 0.05) is 29.0 Å². The number of benzene rings is 2. The molecule has 1 fully saturated rings. The van der Waals surface area contributed by atoms with Gasteiger partial charge < -0.3 is 10.2 Å². The van der Waals surface area contributed by atoms with Gasteiger partial charge in [0.25, 0.3) is 0 Å². The Kier molecular flexibility index (Phi) is 6.16. The molecule has 0 atom stereocenters. The Bertz CT molecular complexity index is 721. The standard InChI is InChI=1S/C21H26N2OS/c1-16-5-10-20(17(2)13-16)25-15-21(24)22-19-8-6-18(7-9-19)14-23-11-3-4-12-23/h5-10,13H,3-4,11-12,14-15H2,1-2H3,(H,22,24)/p+1. The molecule has 1 saturated heterocycles. The normalized spacial score (nSPS) is 14.6. The fraction of sp³-hybridized carbons (Fsp3) is 0.381. The molecular formula is C21H27N2OS+. The van der Waals surface area contributed by atoms with Crippen LogP contribution in [0.4, 0.5) is 5.69 Å². The molecule has 0 aromatic heterocycles. The number of rotatable bonds is 6. The van der Waals surface area contributed by atoms with Gasteiger partial charge in [0.2, 0.25) is 5.91 Å². The van der Waals surface area contributed by atoms with Crippen LogP contribution in [0.25, 0.3) is 0 Å². The molecule has 0 spiro atoms. The topological polar surface area (TPSA) is 33.5 Å². The minimum absolute atomic E-state index is 0.0443. The monoisotopic (exact) mass is 355 g/mol. The van der Waals surface area contributed by atoms with Crippen LogP contribution in [-0.2, 0) is 11.3 Å². The Morgan fingerprint density at radius 2 is 1.80 bits per heavy atom. The zero-order valence-electron chi connectivity index (χ0n) is 15.1. The summed E-state index contributed by atoms with van der Waals surface area (Å²) in [5, 5.41) is 3.00. The van der Waals surface area contributed by atoms with Crippen molar-refractivity contribution in [3.8, 4) is 0 Å². The van der Waals surface area contributed by atoms with Gasteiger partial charge in [0.1, 0.15) is 6.54 Å². The number of hydrogen-bond acceptors (Lipinski definition) is 2. The molecule has 2 N–H and O–H groups in total.